The predicted octanol–water partition coefficient (Wildman–Crippen LogP) is 5.53. The van der Waals surface area contributed by atoms with Crippen LogP contribution in [0.25, 0.3) is 0 Å². The molecule has 5 aliphatic rings. The summed E-state index contributed by atoms with van der Waals surface area (Å²) in [5, 5.41) is 23.4. The van der Waals surface area contributed by atoms with E-state index in [2.05, 4.69) is 38.5 Å². The van der Waals surface area contributed by atoms with E-state index in [1.54, 1.807) is 31.2 Å². The molecule has 0 aromatic heterocycles. The third kappa shape index (κ3) is 8.85. The molecule has 11 nitrogen and oxygen atoms in total. The van der Waals surface area contributed by atoms with Gasteiger partial charge in [0, 0.05) is 30.9 Å². The Morgan fingerprint density at radius 1 is 1.08 bits per heavy atom. The number of hydrogen-bond acceptors (Lipinski definition) is 10. The summed E-state index contributed by atoms with van der Waals surface area (Å²) < 4.78 is 58.2. The van der Waals surface area contributed by atoms with Crippen LogP contribution in [0.3, 0.4) is 0 Å². The maximum absolute atomic E-state index is 14.1. The van der Waals surface area contributed by atoms with Crippen molar-refractivity contribution >= 4 is 21.7 Å². The van der Waals surface area contributed by atoms with Crippen molar-refractivity contribution in [1.82, 2.24) is 0 Å². The van der Waals surface area contributed by atoms with E-state index in [1.165, 1.54) is 0 Å². The minimum atomic E-state index is -3.36. The van der Waals surface area contributed by atoms with Gasteiger partial charge >= 0.3 is 5.97 Å². The van der Waals surface area contributed by atoms with Gasteiger partial charge in [0.2, 0.25) is 10.0 Å². The highest BCUT2D eigenvalue weighted by Gasteiger charge is 2.60. The fourth-order valence-corrected chi connectivity index (χ4v) is 9.27. The number of ether oxygens (including phenoxy) is 5. The van der Waals surface area contributed by atoms with Gasteiger partial charge in [-0.05, 0) is 79.9 Å². The van der Waals surface area contributed by atoms with E-state index in [-0.39, 0.29) is 30.8 Å². The van der Waals surface area contributed by atoms with Crippen LogP contribution in [0.5, 0.6) is 0 Å². The molecule has 4 aliphatic heterocycles. The van der Waals surface area contributed by atoms with E-state index in [9.17, 15) is 23.4 Å². The number of sulfonamides is 1. The number of anilines is 1. The molecule has 3 fully saturated rings. The average Bonchev–Trinajstić information content (AvgIpc) is 3.44. The van der Waals surface area contributed by atoms with Crippen LogP contribution in [0.15, 0.2) is 71.4 Å². The molecule has 0 radical (unpaired) electrons. The number of hydrogen-bond donors (Lipinski definition) is 3. The first-order chi connectivity index (χ1) is 25.1. The van der Waals surface area contributed by atoms with Crippen LogP contribution in [0, 0.1) is 17.8 Å². The van der Waals surface area contributed by atoms with Crippen LogP contribution in [0.1, 0.15) is 78.7 Å². The molecular formula is C41H57NO10S. The summed E-state index contributed by atoms with van der Waals surface area (Å²) in [5.41, 5.74) is 1.82. The Morgan fingerprint density at radius 2 is 1.83 bits per heavy atom. The van der Waals surface area contributed by atoms with Crippen molar-refractivity contribution in [2.75, 3.05) is 24.2 Å². The molecule has 1 spiro atoms. The molecule has 0 amide bonds. The fourth-order valence-electron chi connectivity index (χ4n) is 8.71. The molecule has 3 saturated heterocycles. The summed E-state index contributed by atoms with van der Waals surface area (Å²) in [6.07, 6.45) is 12.0. The summed E-state index contributed by atoms with van der Waals surface area (Å²) in [6, 6.07) is 7.26. The van der Waals surface area contributed by atoms with E-state index in [4.69, 9.17) is 23.7 Å². The van der Waals surface area contributed by atoms with Gasteiger partial charge in [0.1, 0.15) is 29.8 Å². The molecule has 11 atom stereocenters. The van der Waals surface area contributed by atoms with Gasteiger partial charge in [0.15, 0.2) is 5.79 Å². The quantitative estimate of drug-likeness (QED) is 0.240. The standard InChI is InChI=1S/C41H57NO10S/c1-7-35-25(2)17-19-40(52-35)23-33-22-32(51-40)16-11-27(4)37(48-20-18-29-12-14-31(15-13-29)42-53(6,46)47)26(3)9-8-10-30-24-49-38-36(43)28(5)21-34(39(44)50-33)41(30,38)45/h8-15,21,25-26,32-38,42-43,45H,7,16-20,22-24H2,1-6H3/b9-8+,27-11+,30-10+/t25-,26-,32+,33-,34-,35+,36+,37+,38-,40+,41+/m0/s1. The van der Waals surface area contributed by atoms with Crippen LogP contribution in [0.4, 0.5) is 5.69 Å². The van der Waals surface area contributed by atoms with E-state index in [1.807, 2.05) is 24.3 Å². The Balaban J connectivity index is 1.30. The molecule has 0 saturated carbocycles. The van der Waals surface area contributed by atoms with Gasteiger partial charge in [0.05, 0.1) is 37.8 Å². The molecule has 1 aliphatic carbocycles. The number of aliphatic hydroxyl groups is 2. The van der Waals surface area contributed by atoms with Gasteiger partial charge in [0.25, 0.3) is 0 Å². The van der Waals surface area contributed by atoms with Crippen molar-refractivity contribution < 1.29 is 47.1 Å². The molecule has 1 aromatic rings. The number of rotatable bonds is 7. The first-order valence-electron chi connectivity index (χ1n) is 19.1. The van der Waals surface area contributed by atoms with Crippen molar-refractivity contribution in [1.29, 1.82) is 0 Å². The second-order valence-electron chi connectivity index (χ2n) is 15.9. The van der Waals surface area contributed by atoms with Crippen LogP contribution in [0.2, 0.25) is 0 Å². The maximum atomic E-state index is 14.1. The number of benzene rings is 1. The summed E-state index contributed by atoms with van der Waals surface area (Å²) in [7, 11) is -3.36. The van der Waals surface area contributed by atoms with Crippen LogP contribution < -0.4 is 4.72 Å². The molecule has 3 N–H and O–H groups in total. The Morgan fingerprint density at radius 3 is 2.55 bits per heavy atom. The summed E-state index contributed by atoms with van der Waals surface area (Å²) in [6.45, 7) is 10.7. The summed E-state index contributed by atoms with van der Waals surface area (Å²) in [4.78, 5) is 14.1. The van der Waals surface area contributed by atoms with Crippen molar-refractivity contribution in [2.45, 2.75) is 128 Å². The summed E-state index contributed by atoms with van der Waals surface area (Å²) in [5.74, 6) is -2.20. The lowest BCUT2D eigenvalue weighted by atomic mass is 9.71. The van der Waals surface area contributed by atoms with Crippen LogP contribution >= 0.6 is 0 Å². The largest absolute Gasteiger partial charge is 0.462 e. The molecule has 1 aromatic carbocycles. The fraction of sp³-hybridized carbons (Fsp3) is 0.634. The Kier molecular flexibility index (Phi) is 12.1. The first kappa shape index (κ1) is 39.8. The number of carbonyl (C=O) groups excluding carboxylic acids is 1. The van der Waals surface area contributed by atoms with E-state index in [0.717, 1.165) is 30.2 Å². The third-order valence-electron chi connectivity index (χ3n) is 11.7. The molecule has 0 unspecified atom stereocenters. The number of allylic oxidation sites excluding steroid dienone is 2. The normalized spacial score (nSPS) is 40.6. The first-order valence-corrected chi connectivity index (χ1v) is 21.0. The number of fused-ring (bicyclic) bond motifs is 2. The van der Waals surface area contributed by atoms with Gasteiger partial charge in [-0.3, -0.25) is 9.52 Å². The zero-order chi connectivity index (χ0) is 38.1. The second kappa shape index (κ2) is 16.1. The molecule has 12 heteroatoms. The molecule has 6 rings (SSSR count). The van der Waals surface area contributed by atoms with Crippen molar-refractivity contribution in [3.8, 4) is 0 Å². The highest BCUT2D eigenvalue weighted by atomic mass is 32.2. The molecular weight excluding hydrogens is 699 g/mol. The van der Waals surface area contributed by atoms with Gasteiger partial charge in [-0.2, -0.15) is 0 Å². The number of esters is 1. The van der Waals surface area contributed by atoms with Crippen LogP contribution in [-0.4, -0.2) is 92.1 Å². The van der Waals surface area contributed by atoms with Crippen molar-refractivity contribution in [3.05, 3.63) is 76.9 Å². The summed E-state index contributed by atoms with van der Waals surface area (Å²) >= 11 is 0. The average molecular weight is 756 g/mol. The topological polar surface area (TPSA) is 150 Å². The minimum absolute atomic E-state index is 0.0294. The van der Waals surface area contributed by atoms with Gasteiger partial charge in [-0.15, -0.1) is 0 Å². The minimum Gasteiger partial charge on any atom is -0.462 e. The van der Waals surface area contributed by atoms with Gasteiger partial charge in [-0.25, -0.2) is 8.42 Å². The van der Waals surface area contributed by atoms with Crippen LogP contribution in [-0.2, 0) is 44.9 Å². The Labute approximate surface area is 314 Å². The lowest BCUT2D eigenvalue weighted by molar-refractivity contribution is -0.335. The molecule has 2 bridgehead atoms. The Bertz CT molecular complexity index is 1720. The van der Waals surface area contributed by atoms with Crippen molar-refractivity contribution in [3.63, 3.8) is 0 Å². The van der Waals surface area contributed by atoms with Crippen molar-refractivity contribution in [2.24, 2.45) is 17.8 Å². The molecule has 292 valence electrons. The monoisotopic (exact) mass is 755 g/mol. The molecule has 53 heavy (non-hydrogen) atoms. The van der Waals surface area contributed by atoms with Gasteiger partial charge in [-0.1, -0.05) is 63.3 Å². The SMILES string of the molecule is CC[C@H]1O[C@]2(CC[C@@H]1C)C[C@@H]1C[C@@H](C/C=C(\C)[C@H](OCCc3ccc(NS(C)(=O)=O)cc3)[C@@H](C)/C=C/C=C3\CO[C@H]4[C@H](O)C(C)=C[C@@H](C(=O)O1)[C@]34O)O2. The number of nitrogens with one attached hydrogen (secondary N) is 1. The maximum Gasteiger partial charge on any atom is 0.316 e. The highest BCUT2D eigenvalue weighted by molar-refractivity contribution is 7.92. The van der Waals surface area contributed by atoms with E-state index >= 15 is 0 Å². The molecule has 4 heterocycles. The third-order valence-corrected chi connectivity index (χ3v) is 12.3. The predicted molar refractivity (Wildman–Crippen MR) is 201 cm³/mol. The lowest BCUT2D eigenvalue weighted by Crippen LogP contribution is -2.58. The zero-order valence-corrected chi connectivity index (χ0v) is 32.6. The van der Waals surface area contributed by atoms with E-state index < -0.39 is 51.6 Å². The smallest absolute Gasteiger partial charge is 0.316 e. The number of carbonyl (C=O) groups is 1. The highest BCUT2D eigenvalue weighted by Crippen LogP contribution is 2.47. The Hall–Kier alpha value is -2.84. The van der Waals surface area contributed by atoms with E-state index in [0.29, 0.717) is 61.5 Å². The number of aliphatic hydroxyl groups excluding tert-OH is 1. The lowest BCUT2D eigenvalue weighted by Gasteiger charge is -2.50. The second-order valence-corrected chi connectivity index (χ2v) is 17.6. The zero-order valence-electron chi connectivity index (χ0n) is 31.8. The van der Waals surface area contributed by atoms with Gasteiger partial charge < -0.3 is 33.9 Å².